The maximum Gasteiger partial charge on any atom is 0.322 e. The second-order valence-electron chi connectivity index (χ2n) is 5.04. The highest BCUT2D eigenvalue weighted by Crippen LogP contribution is 2.35. The van der Waals surface area contributed by atoms with Gasteiger partial charge in [-0.2, -0.15) is 0 Å². The molecule has 0 spiro atoms. The van der Waals surface area contributed by atoms with Gasteiger partial charge >= 0.3 is 6.03 Å². The zero-order chi connectivity index (χ0) is 15.1. The van der Waals surface area contributed by atoms with Crippen molar-refractivity contribution in [2.24, 2.45) is 5.73 Å². The van der Waals surface area contributed by atoms with E-state index in [0.717, 1.165) is 22.4 Å². The molecule has 3 amide bonds. The van der Waals surface area contributed by atoms with Gasteiger partial charge in [0.1, 0.15) is 5.75 Å². The Labute approximate surface area is 117 Å². The van der Waals surface area contributed by atoms with Crippen LogP contribution >= 0.6 is 0 Å². The van der Waals surface area contributed by atoms with Crippen LogP contribution in [0.3, 0.4) is 0 Å². The number of amides is 3. The molecule has 1 heterocycles. The first-order valence-electron chi connectivity index (χ1n) is 6.36. The van der Waals surface area contributed by atoms with Gasteiger partial charge in [0.2, 0.25) is 0 Å². The van der Waals surface area contributed by atoms with Crippen LogP contribution in [0.4, 0.5) is 4.79 Å². The topological polar surface area (TPSA) is 93.4 Å². The lowest BCUT2D eigenvalue weighted by molar-refractivity contribution is -0.124. The number of urea groups is 1. The molecule has 0 aliphatic carbocycles. The summed E-state index contributed by atoms with van der Waals surface area (Å²) >= 11 is 0. The van der Waals surface area contributed by atoms with Crippen LogP contribution in [0.25, 0.3) is 0 Å². The second-order valence-corrected chi connectivity index (χ2v) is 5.04. The molecule has 2 rings (SSSR count). The molecule has 1 aromatic rings. The molecule has 20 heavy (non-hydrogen) atoms. The Bertz CT molecular complexity index is 598. The van der Waals surface area contributed by atoms with Gasteiger partial charge in [0.05, 0.1) is 7.11 Å². The fourth-order valence-corrected chi connectivity index (χ4v) is 2.75. The third kappa shape index (κ3) is 1.84. The van der Waals surface area contributed by atoms with E-state index in [0.29, 0.717) is 5.56 Å². The summed E-state index contributed by atoms with van der Waals surface area (Å²) in [6.45, 7) is 5.70. The van der Waals surface area contributed by atoms with Crippen molar-refractivity contribution in [3.8, 4) is 5.75 Å². The van der Waals surface area contributed by atoms with Gasteiger partial charge in [-0.15, -0.1) is 0 Å². The van der Waals surface area contributed by atoms with Crippen molar-refractivity contribution in [3.05, 3.63) is 28.3 Å². The molecule has 1 saturated heterocycles. The predicted molar refractivity (Wildman–Crippen MR) is 74.6 cm³/mol. The Morgan fingerprint density at radius 3 is 2.35 bits per heavy atom. The van der Waals surface area contributed by atoms with Crippen LogP contribution in [-0.4, -0.2) is 25.6 Å². The normalized spacial score (nSPS) is 21.6. The van der Waals surface area contributed by atoms with Gasteiger partial charge in [-0.25, -0.2) is 4.79 Å². The SMILES string of the molecule is COc1c(C)cc(C2(CN)NC(=O)NC2=O)c(C)c1C. The number of benzene rings is 1. The minimum Gasteiger partial charge on any atom is -0.496 e. The average molecular weight is 277 g/mol. The van der Waals surface area contributed by atoms with Gasteiger partial charge in [0.25, 0.3) is 5.91 Å². The average Bonchev–Trinajstić information content (AvgIpc) is 2.70. The van der Waals surface area contributed by atoms with Crippen LogP contribution in [-0.2, 0) is 10.3 Å². The first kappa shape index (κ1) is 14.3. The number of hydrogen-bond donors (Lipinski definition) is 3. The molecule has 6 nitrogen and oxygen atoms in total. The van der Waals surface area contributed by atoms with Crippen molar-refractivity contribution in [3.63, 3.8) is 0 Å². The maximum atomic E-state index is 12.2. The first-order valence-corrected chi connectivity index (χ1v) is 6.36. The minimum atomic E-state index is -1.21. The lowest BCUT2D eigenvalue weighted by Gasteiger charge is -2.28. The van der Waals surface area contributed by atoms with Gasteiger partial charge in [-0.3, -0.25) is 10.1 Å². The number of rotatable bonds is 3. The monoisotopic (exact) mass is 277 g/mol. The highest BCUT2D eigenvalue weighted by Gasteiger charge is 2.47. The molecule has 108 valence electrons. The molecule has 4 N–H and O–H groups in total. The standard InChI is InChI=1S/C14H19N3O3/c1-7-5-10(8(2)9(3)11(7)20-4)14(6-15)12(18)16-13(19)17-14/h5H,6,15H2,1-4H3,(H2,16,17,18,19). The molecule has 1 fully saturated rings. The molecule has 0 saturated carbocycles. The fraction of sp³-hybridized carbons (Fsp3) is 0.429. The molecule has 6 heteroatoms. The van der Waals surface area contributed by atoms with Gasteiger partial charge in [-0.05, 0) is 49.1 Å². The van der Waals surface area contributed by atoms with E-state index in [1.165, 1.54) is 0 Å². The fourth-order valence-electron chi connectivity index (χ4n) is 2.75. The van der Waals surface area contributed by atoms with Crippen molar-refractivity contribution in [1.82, 2.24) is 10.6 Å². The summed E-state index contributed by atoms with van der Waals surface area (Å²) < 4.78 is 5.37. The summed E-state index contributed by atoms with van der Waals surface area (Å²) in [7, 11) is 1.61. The Morgan fingerprint density at radius 2 is 1.90 bits per heavy atom. The van der Waals surface area contributed by atoms with Crippen molar-refractivity contribution in [1.29, 1.82) is 0 Å². The molecular formula is C14H19N3O3. The lowest BCUT2D eigenvalue weighted by Crippen LogP contribution is -2.50. The van der Waals surface area contributed by atoms with Crippen LogP contribution in [0.2, 0.25) is 0 Å². The molecular weight excluding hydrogens is 258 g/mol. The van der Waals surface area contributed by atoms with Gasteiger partial charge in [-0.1, -0.05) is 0 Å². The number of aryl methyl sites for hydroxylation is 1. The zero-order valence-electron chi connectivity index (χ0n) is 12.1. The van der Waals surface area contributed by atoms with Gasteiger partial charge in [0, 0.05) is 6.54 Å². The summed E-state index contributed by atoms with van der Waals surface area (Å²) in [5, 5.41) is 4.90. The Kier molecular flexibility index (Phi) is 3.43. The number of carbonyl (C=O) groups excluding carboxylic acids is 2. The highest BCUT2D eigenvalue weighted by molar-refractivity contribution is 6.07. The minimum absolute atomic E-state index is 0.00335. The van der Waals surface area contributed by atoms with E-state index in [4.69, 9.17) is 10.5 Å². The van der Waals surface area contributed by atoms with E-state index in [1.807, 2.05) is 26.8 Å². The number of ether oxygens (including phenoxy) is 1. The van der Waals surface area contributed by atoms with Crippen molar-refractivity contribution >= 4 is 11.9 Å². The van der Waals surface area contributed by atoms with Crippen LogP contribution in [0.15, 0.2) is 6.07 Å². The molecule has 0 radical (unpaired) electrons. The first-order chi connectivity index (χ1) is 9.37. The van der Waals surface area contributed by atoms with E-state index >= 15 is 0 Å². The number of nitrogens with one attached hydrogen (secondary N) is 2. The van der Waals surface area contributed by atoms with E-state index in [2.05, 4.69) is 10.6 Å². The summed E-state index contributed by atoms with van der Waals surface area (Å²) in [4.78, 5) is 23.6. The summed E-state index contributed by atoms with van der Waals surface area (Å²) in [6.07, 6.45) is 0. The number of carbonyl (C=O) groups is 2. The second kappa shape index (κ2) is 4.79. The molecule has 1 atom stereocenters. The van der Waals surface area contributed by atoms with Crippen molar-refractivity contribution < 1.29 is 14.3 Å². The van der Waals surface area contributed by atoms with Crippen LogP contribution in [0.1, 0.15) is 22.3 Å². The van der Waals surface area contributed by atoms with E-state index < -0.39 is 17.5 Å². The lowest BCUT2D eigenvalue weighted by atomic mass is 9.83. The third-order valence-corrected chi connectivity index (χ3v) is 3.94. The van der Waals surface area contributed by atoms with E-state index in [9.17, 15) is 9.59 Å². The van der Waals surface area contributed by atoms with Crippen LogP contribution < -0.4 is 21.1 Å². The quantitative estimate of drug-likeness (QED) is 0.706. The molecule has 1 unspecified atom stereocenters. The van der Waals surface area contributed by atoms with Crippen molar-refractivity contribution in [2.75, 3.05) is 13.7 Å². The molecule has 1 aromatic carbocycles. The Balaban J connectivity index is 2.69. The third-order valence-electron chi connectivity index (χ3n) is 3.94. The predicted octanol–water partition coefficient (Wildman–Crippen LogP) is 0.614. The van der Waals surface area contributed by atoms with Gasteiger partial charge < -0.3 is 15.8 Å². The molecule has 0 bridgehead atoms. The Morgan fingerprint density at radius 1 is 1.25 bits per heavy atom. The Hall–Kier alpha value is -2.08. The molecule has 1 aliphatic heterocycles. The zero-order valence-corrected chi connectivity index (χ0v) is 12.1. The van der Waals surface area contributed by atoms with Gasteiger partial charge in [0.15, 0.2) is 5.54 Å². The largest absolute Gasteiger partial charge is 0.496 e. The van der Waals surface area contributed by atoms with Crippen LogP contribution in [0.5, 0.6) is 5.75 Å². The van der Waals surface area contributed by atoms with Crippen molar-refractivity contribution in [2.45, 2.75) is 26.3 Å². The number of methoxy groups -OCH3 is 1. The number of hydrogen-bond acceptors (Lipinski definition) is 4. The maximum absolute atomic E-state index is 12.2. The van der Waals surface area contributed by atoms with Crippen LogP contribution in [0, 0.1) is 20.8 Å². The summed E-state index contributed by atoms with van der Waals surface area (Å²) in [5.74, 6) is 0.361. The van der Waals surface area contributed by atoms with E-state index in [1.54, 1.807) is 7.11 Å². The smallest absolute Gasteiger partial charge is 0.322 e. The molecule has 0 aromatic heterocycles. The summed E-state index contributed by atoms with van der Waals surface area (Å²) in [5.41, 5.74) is 8.00. The summed E-state index contributed by atoms with van der Waals surface area (Å²) in [6, 6.07) is 1.32. The van der Waals surface area contributed by atoms with E-state index in [-0.39, 0.29) is 6.54 Å². The molecule has 1 aliphatic rings. The number of nitrogens with two attached hydrogens (primary N) is 1. The number of imide groups is 1. The highest BCUT2D eigenvalue weighted by atomic mass is 16.5.